The largest absolute Gasteiger partial charge is 0.391 e. The number of aliphatic hydroxyl groups excluding tert-OH is 1. The molecule has 2 heterocycles. The van der Waals surface area contributed by atoms with Gasteiger partial charge in [-0.25, -0.2) is 0 Å². The molecule has 2 aliphatic rings. The summed E-state index contributed by atoms with van der Waals surface area (Å²) in [7, 11) is 0. The van der Waals surface area contributed by atoms with E-state index in [1.165, 1.54) is 18.7 Å². The van der Waals surface area contributed by atoms with Crippen LogP contribution in [0.25, 0.3) is 0 Å². The average molecular weight is 283 g/mol. The molecule has 1 unspecified atom stereocenters. The van der Waals surface area contributed by atoms with E-state index in [9.17, 15) is 19.5 Å². The lowest BCUT2D eigenvalue weighted by Crippen LogP contribution is -2.79. The van der Waals surface area contributed by atoms with Gasteiger partial charge in [-0.1, -0.05) is 0 Å². The number of primary amides is 1. The molecule has 0 bridgehead atoms. The van der Waals surface area contributed by atoms with Crippen LogP contribution in [0.3, 0.4) is 0 Å². The zero-order valence-corrected chi connectivity index (χ0v) is 11.8. The first-order valence-electron chi connectivity index (χ1n) is 6.88. The molecule has 3 N–H and O–H groups in total. The minimum atomic E-state index is -1.02. The predicted octanol–water partition coefficient (Wildman–Crippen LogP) is -1.17. The lowest BCUT2D eigenvalue weighted by atomic mass is 9.77. The molecule has 112 valence electrons. The van der Waals surface area contributed by atoms with E-state index >= 15 is 0 Å². The second kappa shape index (κ2) is 5.05. The Kier molecular flexibility index (Phi) is 3.73. The fourth-order valence-corrected chi connectivity index (χ4v) is 3.36. The number of carbonyl (C=O) groups is 3. The monoisotopic (exact) mass is 283 g/mol. The van der Waals surface area contributed by atoms with Gasteiger partial charge in [-0.2, -0.15) is 0 Å². The maximum atomic E-state index is 12.5. The number of likely N-dealkylation sites (tertiary alicyclic amines) is 2. The van der Waals surface area contributed by atoms with Gasteiger partial charge >= 0.3 is 0 Å². The number of hydrogen-bond donors (Lipinski definition) is 2. The van der Waals surface area contributed by atoms with Crippen molar-refractivity contribution in [3.63, 3.8) is 0 Å². The van der Waals surface area contributed by atoms with E-state index in [-0.39, 0.29) is 18.4 Å². The minimum absolute atomic E-state index is 0.134. The molecule has 3 atom stereocenters. The number of aliphatic hydroxyl groups is 1. The van der Waals surface area contributed by atoms with E-state index in [2.05, 4.69) is 0 Å². The zero-order valence-electron chi connectivity index (χ0n) is 11.8. The van der Waals surface area contributed by atoms with Crippen molar-refractivity contribution < 1.29 is 19.5 Å². The van der Waals surface area contributed by atoms with Crippen molar-refractivity contribution in [3.05, 3.63) is 0 Å². The fraction of sp³-hybridized carbons (Fsp3) is 0.769. The molecule has 0 aromatic rings. The van der Waals surface area contributed by atoms with Gasteiger partial charge in [0.15, 0.2) is 0 Å². The quantitative estimate of drug-likeness (QED) is 0.637. The van der Waals surface area contributed by atoms with E-state index in [4.69, 9.17) is 5.73 Å². The number of carbonyl (C=O) groups excluding carboxylic acids is 3. The van der Waals surface area contributed by atoms with Crippen molar-refractivity contribution in [2.75, 3.05) is 13.1 Å². The molecule has 3 amide bonds. The third kappa shape index (κ3) is 2.06. The van der Waals surface area contributed by atoms with Crippen molar-refractivity contribution >= 4 is 17.7 Å². The summed E-state index contributed by atoms with van der Waals surface area (Å²) in [6.45, 7) is 3.70. The van der Waals surface area contributed by atoms with Gasteiger partial charge in [-0.05, 0) is 26.2 Å². The third-order valence-corrected chi connectivity index (χ3v) is 4.29. The van der Waals surface area contributed by atoms with Gasteiger partial charge in [-0.3, -0.25) is 14.4 Å². The van der Waals surface area contributed by atoms with E-state index in [1.54, 1.807) is 4.90 Å². The van der Waals surface area contributed by atoms with Crippen molar-refractivity contribution in [2.45, 2.75) is 50.8 Å². The van der Waals surface area contributed by atoms with Gasteiger partial charge < -0.3 is 20.6 Å². The Balaban J connectivity index is 2.21. The maximum absolute atomic E-state index is 12.5. The molecular weight excluding hydrogens is 262 g/mol. The molecule has 20 heavy (non-hydrogen) atoms. The molecule has 0 saturated carbocycles. The third-order valence-electron chi connectivity index (χ3n) is 4.29. The predicted molar refractivity (Wildman–Crippen MR) is 70.3 cm³/mol. The van der Waals surface area contributed by atoms with Crippen LogP contribution in [0.4, 0.5) is 0 Å². The highest BCUT2D eigenvalue weighted by molar-refractivity contribution is 5.99. The molecule has 0 aromatic carbocycles. The second-order valence-electron chi connectivity index (χ2n) is 5.68. The molecule has 7 heteroatoms. The Morgan fingerprint density at radius 2 is 2.05 bits per heavy atom. The molecule has 2 saturated heterocycles. The summed E-state index contributed by atoms with van der Waals surface area (Å²) in [6, 6.07) is -1.02. The van der Waals surface area contributed by atoms with Gasteiger partial charge in [-0.15, -0.1) is 0 Å². The van der Waals surface area contributed by atoms with Crippen LogP contribution in [0.15, 0.2) is 0 Å². The lowest BCUT2D eigenvalue weighted by Gasteiger charge is -2.57. The summed E-state index contributed by atoms with van der Waals surface area (Å²) in [4.78, 5) is 38.5. The fourth-order valence-electron chi connectivity index (χ4n) is 3.36. The number of β-lactam (4-membered cyclic amide) rings is 1. The maximum Gasteiger partial charge on any atom is 0.251 e. The van der Waals surface area contributed by atoms with Gasteiger partial charge in [0.05, 0.1) is 12.6 Å². The number of hydrogen-bond acceptors (Lipinski definition) is 4. The number of rotatable bonds is 3. The lowest BCUT2D eigenvalue weighted by molar-refractivity contribution is -0.182. The number of nitrogens with two attached hydrogens (primary N) is 1. The average Bonchev–Trinajstić information content (AvgIpc) is 2.37. The molecule has 2 fully saturated rings. The van der Waals surface area contributed by atoms with Crippen LogP contribution in [0.2, 0.25) is 0 Å². The summed E-state index contributed by atoms with van der Waals surface area (Å²) in [5.74, 6) is -1.14. The van der Waals surface area contributed by atoms with Crippen LogP contribution in [0.1, 0.15) is 33.1 Å². The first-order chi connectivity index (χ1) is 9.31. The van der Waals surface area contributed by atoms with Crippen LogP contribution in [0, 0.1) is 0 Å². The van der Waals surface area contributed by atoms with E-state index in [0.717, 1.165) is 12.8 Å². The molecular formula is C13H21N3O4. The topological polar surface area (TPSA) is 104 Å². The van der Waals surface area contributed by atoms with Crippen LogP contribution >= 0.6 is 0 Å². The van der Waals surface area contributed by atoms with Crippen LogP contribution in [-0.2, 0) is 14.4 Å². The van der Waals surface area contributed by atoms with Crippen molar-refractivity contribution in [2.24, 2.45) is 5.73 Å². The Labute approximate surface area is 117 Å². The molecule has 2 rings (SSSR count). The number of nitrogens with zero attached hydrogens (tertiary/aromatic N) is 2. The van der Waals surface area contributed by atoms with E-state index < -0.39 is 23.6 Å². The molecule has 0 aromatic heterocycles. The molecule has 7 nitrogen and oxygen atoms in total. The van der Waals surface area contributed by atoms with Gasteiger partial charge in [0.2, 0.25) is 11.8 Å². The smallest absolute Gasteiger partial charge is 0.251 e. The highest BCUT2D eigenvalue weighted by atomic mass is 16.3. The van der Waals surface area contributed by atoms with Crippen LogP contribution in [0.5, 0.6) is 0 Å². The Morgan fingerprint density at radius 1 is 1.40 bits per heavy atom. The van der Waals surface area contributed by atoms with Gasteiger partial charge in [0, 0.05) is 13.5 Å². The highest BCUT2D eigenvalue weighted by Gasteiger charge is 2.60. The highest BCUT2D eigenvalue weighted by Crippen LogP contribution is 2.39. The summed E-state index contributed by atoms with van der Waals surface area (Å²) < 4.78 is 0. The number of amides is 3. The summed E-state index contributed by atoms with van der Waals surface area (Å²) in [5.41, 5.74) is 4.42. The van der Waals surface area contributed by atoms with E-state index in [1.807, 2.05) is 0 Å². The summed E-state index contributed by atoms with van der Waals surface area (Å²) in [5, 5.41) is 9.62. The zero-order chi connectivity index (χ0) is 15.1. The summed E-state index contributed by atoms with van der Waals surface area (Å²) in [6.07, 6.45) is 1.33. The van der Waals surface area contributed by atoms with Crippen LogP contribution in [-0.4, -0.2) is 63.4 Å². The Morgan fingerprint density at radius 3 is 2.50 bits per heavy atom. The normalized spacial score (nSPS) is 29.1. The van der Waals surface area contributed by atoms with E-state index in [0.29, 0.717) is 13.0 Å². The van der Waals surface area contributed by atoms with Crippen molar-refractivity contribution in [1.29, 1.82) is 0 Å². The molecule has 0 radical (unpaired) electrons. The van der Waals surface area contributed by atoms with Gasteiger partial charge in [0.25, 0.3) is 5.91 Å². The van der Waals surface area contributed by atoms with Gasteiger partial charge in [0.1, 0.15) is 11.6 Å². The Bertz CT molecular complexity index is 451. The van der Waals surface area contributed by atoms with Crippen LogP contribution < -0.4 is 5.73 Å². The van der Waals surface area contributed by atoms with Crippen molar-refractivity contribution in [3.8, 4) is 0 Å². The molecule has 1 spiro atoms. The Hall–Kier alpha value is -1.63. The van der Waals surface area contributed by atoms with Crippen molar-refractivity contribution in [1.82, 2.24) is 9.80 Å². The second-order valence-corrected chi connectivity index (χ2v) is 5.68. The molecule has 2 aliphatic heterocycles. The molecule has 0 aliphatic carbocycles. The standard InChI is InChI=1S/C13H21N3O4/c1-8(17)10(11(14)19)15-7-13(12(15)20)5-3-4-6-16(13)9(2)18/h8,10,17H,3-7H2,1-2H3,(H2,14,19)/t8-,10+,13?/m1/s1. The first-order valence-corrected chi connectivity index (χ1v) is 6.88. The SMILES string of the molecule is CC(=O)N1CCCCC12CN([C@H](C(N)=O)[C@@H](C)O)C2=O. The first kappa shape index (κ1) is 14.8. The number of piperidine rings is 1. The summed E-state index contributed by atoms with van der Waals surface area (Å²) >= 11 is 0. The minimum Gasteiger partial charge on any atom is -0.391 e.